The highest BCUT2D eigenvalue weighted by molar-refractivity contribution is 7.90. The Balaban J connectivity index is 2.01. The second kappa shape index (κ2) is 5.78. The number of hydrogen-bond donors (Lipinski definition) is 3. The predicted molar refractivity (Wildman–Crippen MR) is 87.7 cm³/mol. The Bertz CT molecular complexity index is 842. The summed E-state index contributed by atoms with van der Waals surface area (Å²) < 4.78 is 25.2. The molecule has 23 heavy (non-hydrogen) atoms. The summed E-state index contributed by atoms with van der Waals surface area (Å²) in [5.41, 5.74) is 1.79. The highest BCUT2D eigenvalue weighted by Crippen LogP contribution is 2.28. The van der Waals surface area contributed by atoms with Gasteiger partial charge in [-0.3, -0.25) is 9.78 Å². The van der Waals surface area contributed by atoms with Crippen molar-refractivity contribution in [2.24, 2.45) is 7.05 Å². The zero-order valence-corrected chi connectivity index (χ0v) is 13.8. The Morgan fingerprint density at radius 3 is 2.87 bits per heavy atom. The molecule has 8 heteroatoms. The molecule has 122 valence electrons. The monoisotopic (exact) mass is 333 g/mol. The van der Waals surface area contributed by atoms with Crippen LogP contribution in [-0.2, 0) is 23.4 Å². The van der Waals surface area contributed by atoms with Gasteiger partial charge in [-0.15, -0.1) is 0 Å². The van der Waals surface area contributed by atoms with Gasteiger partial charge in [0.05, 0.1) is 4.90 Å². The minimum Gasteiger partial charge on any atom is -0.345 e. The van der Waals surface area contributed by atoms with Crippen molar-refractivity contribution in [2.75, 3.05) is 5.32 Å². The van der Waals surface area contributed by atoms with Crippen LogP contribution in [0.5, 0.6) is 0 Å². The lowest BCUT2D eigenvalue weighted by molar-refractivity contribution is 0.101. The molecule has 0 radical (unpaired) electrons. The van der Waals surface area contributed by atoms with Crippen LogP contribution in [-0.4, -0.2) is 25.7 Å². The number of nitrogens with zero attached hydrogens (tertiary/aromatic N) is 2. The average molecular weight is 333 g/mol. The SMILES string of the molecule is C[C@@H]1CCc2c(cn(C)c2C(=O)Nc2ccncc2)S(=N)(=O)N1. The lowest BCUT2D eigenvalue weighted by atomic mass is 10.1. The average Bonchev–Trinajstić information content (AvgIpc) is 2.78. The van der Waals surface area contributed by atoms with Gasteiger partial charge in [0.1, 0.15) is 15.6 Å². The van der Waals surface area contributed by atoms with E-state index in [1.165, 1.54) is 0 Å². The molecular weight excluding hydrogens is 314 g/mol. The summed E-state index contributed by atoms with van der Waals surface area (Å²) in [6.07, 6.45) is 6.16. The maximum atomic E-state index is 12.6. The third-order valence-corrected chi connectivity index (χ3v) is 5.61. The van der Waals surface area contributed by atoms with E-state index in [1.807, 2.05) is 6.92 Å². The first kappa shape index (κ1) is 15.7. The maximum absolute atomic E-state index is 12.6. The molecule has 3 heterocycles. The first-order valence-corrected chi connectivity index (χ1v) is 8.90. The summed E-state index contributed by atoms with van der Waals surface area (Å²) in [7, 11) is -1.37. The van der Waals surface area contributed by atoms with Crippen molar-refractivity contribution >= 4 is 21.5 Å². The van der Waals surface area contributed by atoms with E-state index in [0.29, 0.717) is 28.3 Å². The first-order valence-electron chi connectivity index (χ1n) is 7.34. The van der Waals surface area contributed by atoms with Crippen molar-refractivity contribution in [1.82, 2.24) is 14.3 Å². The number of carbonyl (C=O) groups excluding carboxylic acids is 1. The molecule has 0 saturated heterocycles. The van der Waals surface area contributed by atoms with E-state index in [4.69, 9.17) is 4.78 Å². The summed E-state index contributed by atoms with van der Waals surface area (Å²) in [5.74, 6) is -0.273. The van der Waals surface area contributed by atoms with Crippen molar-refractivity contribution in [3.05, 3.63) is 42.0 Å². The smallest absolute Gasteiger partial charge is 0.272 e. The highest BCUT2D eigenvalue weighted by atomic mass is 32.2. The molecule has 1 unspecified atom stereocenters. The summed E-state index contributed by atoms with van der Waals surface area (Å²) >= 11 is 0. The minimum atomic E-state index is -3.10. The van der Waals surface area contributed by atoms with E-state index in [9.17, 15) is 9.00 Å². The molecule has 0 saturated carbocycles. The number of aromatic nitrogens is 2. The zero-order chi connectivity index (χ0) is 16.6. The highest BCUT2D eigenvalue weighted by Gasteiger charge is 2.29. The van der Waals surface area contributed by atoms with E-state index in [2.05, 4.69) is 15.0 Å². The molecular formula is C15H19N5O2S. The normalized spacial score (nSPS) is 23.8. The third-order valence-electron chi connectivity index (χ3n) is 3.90. The molecule has 0 aromatic carbocycles. The van der Waals surface area contributed by atoms with E-state index in [1.54, 1.807) is 42.3 Å². The number of nitrogens with one attached hydrogen (secondary N) is 3. The molecule has 0 fully saturated rings. The van der Waals surface area contributed by atoms with Gasteiger partial charge < -0.3 is 9.88 Å². The van der Waals surface area contributed by atoms with E-state index in [-0.39, 0.29) is 11.9 Å². The van der Waals surface area contributed by atoms with Gasteiger partial charge in [0.15, 0.2) is 0 Å². The molecule has 2 aromatic rings. The van der Waals surface area contributed by atoms with Crippen molar-refractivity contribution in [1.29, 1.82) is 4.78 Å². The van der Waals surface area contributed by atoms with Crippen molar-refractivity contribution in [3.63, 3.8) is 0 Å². The van der Waals surface area contributed by atoms with Gasteiger partial charge in [0.25, 0.3) is 5.91 Å². The standard InChI is InChI=1S/C15H19N5O2S/c1-10-3-4-12-13(23(16,22)19-10)9-20(2)14(12)15(21)18-11-5-7-17-8-6-11/h5-10H,3-4H2,1-2H3,(H2,16,19,22)(H,17,18,21)/t10-,23?/m1/s1. The van der Waals surface area contributed by atoms with Gasteiger partial charge in [-0.05, 0) is 31.9 Å². The Kier molecular flexibility index (Phi) is 3.95. The molecule has 1 aliphatic rings. The van der Waals surface area contributed by atoms with Gasteiger partial charge in [-0.1, -0.05) is 0 Å². The second-order valence-corrected chi connectivity index (χ2v) is 7.52. The molecule has 0 bridgehead atoms. The van der Waals surface area contributed by atoms with Gasteiger partial charge >= 0.3 is 0 Å². The molecule has 7 nitrogen and oxygen atoms in total. The quantitative estimate of drug-likeness (QED) is 0.782. The number of carbonyl (C=O) groups is 1. The van der Waals surface area contributed by atoms with Gasteiger partial charge in [-0.2, -0.15) is 0 Å². The lowest BCUT2D eigenvalue weighted by Gasteiger charge is -2.11. The molecule has 1 amide bonds. The molecule has 0 aliphatic carbocycles. The van der Waals surface area contributed by atoms with Crippen molar-refractivity contribution in [2.45, 2.75) is 30.7 Å². The molecule has 1 aliphatic heterocycles. The first-order chi connectivity index (χ1) is 10.9. The number of anilines is 1. The van der Waals surface area contributed by atoms with Crippen molar-refractivity contribution < 1.29 is 9.00 Å². The van der Waals surface area contributed by atoms with Crippen LogP contribution in [0.25, 0.3) is 0 Å². The zero-order valence-electron chi connectivity index (χ0n) is 13.0. The summed E-state index contributed by atoms with van der Waals surface area (Å²) in [6, 6.07) is 3.38. The Morgan fingerprint density at radius 2 is 2.17 bits per heavy atom. The molecule has 2 atom stereocenters. The topological polar surface area (TPSA) is 99.9 Å². The van der Waals surface area contributed by atoms with E-state index in [0.717, 1.165) is 6.42 Å². The van der Waals surface area contributed by atoms with Gasteiger partial charge in [0, 0.05) is 42.9 Å². The molecule has 2 aromatic heterocycles. The number of aryl methyl sites for hydroxylation is 1. The number of fused-ring (bicyclic) bond motifs is 1. The van der Waals surface area contributed by atoms with E-state index < -0.39 is 9.92 Å². The van der Waals surface area contributed by atoms with Gasteiger partial charge in [-0.25, -0.2) is 13.7 Å². The van der Waals surface area contributed by atoms with Crippen LogP contribution in [0.3, 0.4) is 0 Å². The number of amides is 1. The fourth-order valence-electron chi connectivity index (χ4n) is 2.83. The number of hydrogen-bond acceptors (Lipinski definition) is 4. The van der Waals surface area contributed by atoms with Crippen molar-refractivity contribution in [3.8, 4) is 0 Å². The third kappa shape index (κ3) is 2.99. The predicted octanol–water partition coefficient (Wildman–Crippen LogP) is 1.92. The Morgan fingerprint density at radius 1 is 1.48 bits per heavy atom. The minimum absolute atomic E-state index is 0.0335. The number of rotatable bonds is 2. The Labute approximate surface area is 135 Å². The van der Waals surface area contributed by atoms with Crippen LogP contribution in [0, 0.1) is 4.78 Å². The van der Waals surface area contributed by atoms with Crippen LogP contribution in [0.15, 0.2) is 35.6 Å². The largest absolute Gasteiger partial charge is 0.345 e. The van der Waals surface area contributed by atoms with Crippen LogP contribution in [0.4, 0.5) is 5.69 Å². The van der Waals surface area contributed by atoms with Crippen LogP contribution in [0.1, 0.15) is 29.4 Å². The number of pyridine rings is 1. The Hall–Kier alpha value is -2.19. The second-order valence-electron chi connectivity index (χ2n) is 5.74. The van der Waals surface area contributed by atoms with Crippen LogP contribution < -0.4 is 10.0 Å². The molecule has 0 spiro atoms. The summed E-state index contributed by atoms with van der Waals surface area (Å²) in [5, 5.41) is 2.82. The van der Waals surface area contributed by atoms with Gasteiger partial charge in [0.2, 0.25) is 0 Å². The molecule has 3 N–H and O–H groups in total. The summed E-state index contributed by atoms with van der Waals surface area (Å²) in [6.45, 7) is 1.90. The molecule has 3 rings (SSSR count). The fourth-order valence-corrected chi connectivity index (χ4v) is 4.49. The maximum Gasteiger partial charge on any atom is 0.272 e. The summed E-state index contributed by atoms with van der Waals surface area (Å²) in [4.78, 5) is 17.0. The van der Waals surface area contributed by atoms with E-state index >= 15 is 0 Å². The van der Waals surface area contributed by atoms with Crippen LogP contribution >= 0.6 is 0 Å². The fraction of sp³-hybridized carbons (Fsp3) is 0.333. The van der Waals surface area contributed by atoms with Crippen LogP contribution in [0.2, 0.25) is 0 Å². The lowest BCUT2D eigenvalue weighted by Crippen LogP contribution is -2.29.